The lowest BCUT2D eigenvalue weighted by molar-refractivity contribution is 0.353. The zero-order valence-corrected chi connectivity index (χ0v) is 13.4. The Morgan fingerprint density at radius 3 is 2.89 bits per heavy atom. The molecular formula is C15H20BrClO. The van der Waals surface area contributed by atoms with Crippen molar-refractivity contribution < 1.29 is 4.74 Å². The summed E-state index contributed by atoms with van der Waals surface area (Å²) in [5.74, 6) is 1.67. The first kappa shape index (κ1) is 14.2. The monoisotopic (exact) mass is 330 g/mol. The summed E-state index contributed by atoms with van der Waals surface area (Å²) >= 11 is 9.87. The maximum absolute atomic E-state index is 6.29. The third-order valence-corrected chi connectivity index (χ3v) is 4.65. The highest BCUT2D eigenvalue weighted by Gasteiger charge is 2.17. The van der Waals surface area contributed by atoms with E-state index in [0.717, 1.165) is 42.5 Å². The zero-order valence-electron chi connectivity index (χ0n) is 11.0. The molecule has 2 rings (SSSR count). The third-order valence-electron chi connectivity index (χ3n) is 3.47. The Hall–Kier alpha value is -0.210. The molecule has 1 aromatic carbocycles. The van der Waals surface area contributed by atoms with E-state index in [1.165, 1.54) is 11.1 Å². The van der Waals surface area contributed by atoms with E-state index in [1.807, 2.05) is 0 Å². The highest BCUT2D eigenvalue weighted by atomic mass is 79.9. The average Bonchev–Trinajstić information content (AvgIpc) is 2.76. The van der Waals surface area contributed by atoms with Gasteiger partial charge in [0.1, 0.15) is 5.75 Å². The molecule has 1 heterocycles. The quantitative estimate of drug-likeness (QED) is 0.692. The van der Waals surface area contributed by atoms with Gasteiger partial charge >= 0.3 is 0 Å². The molecule has 100 valence electrons. The number of ether oxygens (including phenoxy) is 1. The van der Waals surface area contributed by atoms with Gasteiger partial charge < -0.3 is 4.74 Å². The second-order valence-electron chi connectivity index (χ2n) is 5.30. The number of alkyl halides is 1. The minimum absolute atomic E-state index is 0.283. The van der Waals surface area contributed by atoms with E-state index in [2.05, 4.69) is 41.9 Å². The van der Waals surface area contributed by atoms with Crippen molar-refractivity contribution in [3.05, 3.63) is 27.7 Å². The molecule has 1 aliphatic rings. The number of halogens is 2. The molecule has 0 N–H and O–H groups in total. The van der Waals surface area contributed by atoms with Gasteiger partial charge in [-0.3, -0.25) is 0 Å². The van der Waals surface area contributed by atoms with Crippen molar-refractivity contribution in [2.24, 2.45) is 5.92 Å². The van der Waals surface area contributed by atoms with Crippen molar-refractivity contribution in [1.82, 2.24) is 0 Å². The van der Waals surface area contributed by atoms with Gasteiger partial charge in [-0.1, -0.05) is 29.8 Å². The molecule has 1 unspecified atom stereocenters. The molecule has 0 radical (unpaired) electrons. The van der Waals surface area contributed by atoms with Crippen molar-refractivity contribution in [3.63, 3.8) is 0 Å². The summed E-state index contributed by atoms with van der Waals surface area (Å²) in [5, 5.41) is 0.283. The van der Waals surface area contributed by atoms with Gasteiger partial charge in [0.25, 0.3) is 0 Å². The van der Waals surface area contributed by atoms with Crippen LogP contribution in [0.4, 0.5) is 0 Å². The van der Waals surface area contributed by atoms with Crippen LogP contribution in [0, 0.1) is 5.92 Å². The normalized spacial score (nSPS) is 15.6. The number of hydrogen-bond donors (Lipinski definition) is 0. The molecule has 0 fully saturated rings. The highest BCUT2D eigenvalue weighted by Crippen LogP contribution is 2.34. The lowest BCUT2D eigenvalue weighted by Crippen LogP contribution is -2.07. The summed E-state index contributed by atoms with van der Waals surface area (Å²) in [6.07, 6.45) is 4.28. The van der Waals surface area contributed by atoms with Crippen LogP contribution < -0.4 is 4.74 Å². The predicted molar refractivity (Wildman–Crippen MR) is 80.8 cm³/mol. The van der Waals surface area contributed by atoms with Crippen molar-refractivity contribution in [2.45, 2.75) is 44.9 Å². The molecule has 0 bridgehead atoms. The number of rotatable bonds is 5. The van der Waals surface area contributed by atoms with Gasteiger partial charge in [0.15, 0.2) is 0 Å². The van der Waals surface area contributed by atoms with Gasteiger partial charge in [0, 0.05) is 16.3 Å². The molecule has 1 aliphatic heterocycles. The number of fused-ring (bicyclic) bond motifs is 1. The van der Waals surface area contributed by atoms with Gasteiger partial charge in [-0.15, -0.1) is 11.6 Å². The molecule has 1 aromatic rings. The Bertz CT molecular complexity index is 417. The van der Waals surface area contributed by atoms with Crippen molar-refractivity contribution >= 4 is 27.5 Å². The Kier molecular flexibility index (Phi) is 4.97. The summed E-state index contributed by atoms with van der Waals surface area (Å²) < 4.78 is 6.90. The molecule has 0 amide bonds. The smallest absolute Gasteiger partial charge is 0.125 e. The number of hydrogen-bond acceptors (Lipinski definition) is 1. The SMILES string of the molecule is CC(C)C(Cl)CCCc1cc(Br)cc2c1OCC2. The van der Waals surface area contributed by atoms with E-state index in [9.17, 15) is 0 Å². The number of benzene rings is 1. The van der Waals surface area contributed by atoms with E-state index in [4.69, 9.17) is 16.3 Å². The minimum Gasteiger partial charge on any atom is -0.493 e. The fraction of sp³-hybridized carbons (Fsp3) is 0.600. The van der Waals surface area contributed by atoms with Crippen LogP contribution >= 0.6 is 27.5 Å². The Balaban J connectivity index is 1.98. The average molecular weight is 332 g/mol. The Morgan fingerprint density at radius 1 is 1.39 bits per heavy atom. The minimum atomic E-state index is 0.283. The topological polar surface area (TPSA) is 9.23 Å². The summed E-state index contributed by atoms with van der Waals surface area (Å²) in [6.45, 7) is 5.18. The van der Waals surface area contributed by atoms with Crippen LogP contribution in [-0.4, -0.2) is 12.0 Å². The molecule has 0 aliphatic carbocycles. The van der Waals surface area contributed by atoms with Gasteiger partial charge in [0.05, 0.1) is 6.61 Å². The van der Waals surface area contributed by atoms with Crippen molar-refractivity contribution in [1.29, 1.82) is 0 Å². The molecular weight excluding hydrogens is 312 g/mol. The van der Waals surface area contributed by atoms with Gasteiger partial charge in [-0.2, -0.15) is 0 Å². The molecule has 18 heavy (non-hydrogen) atoms. The first-order chi connectivity index (χ1) is 8.58. The summed E-state index contributed by atoms with van der Waals surface area (Å²) in [6, 6.07) is 4.35. The number of aryl methyl sites for hydroxylation is 1. The van der Waals surface area contributed by atoms with Crippen LogP contribution in [0.15, 0.2) is 16.6 Å². The molecule has 0 saturated carbocycles. The van der Waals surface area contributed by atoms with Crippen LogP contribution in [0.2, 0.25) is 0 Å². The molecule has 3 heteroatoms. The Morgan fingerprint density at radius 2 is 2.17 bits per heavy atom. The van der Waals surface area contributed by atoms with E-state index >= 15 is 0 Å². The molecule has 0 aromatic heterocycles. The van der Waals surface area contributed by atoms with Crippen LogP contribution in [0.1, 0.15) is 37.8 Å². The maximum Gasteiger partial charge on any atom is 0.125 e. The van der Waals surface area contributed by atoms with E-state index in [1.54, 1.807) is 0 Å². The van der Waals surface area contributed by atoms with Crippen LogP contribution in [0.5, 0.6) is 5.75 Å². The summed E-state index contributed by atoms with van der Waals surface area (Å²) in [5.41, 5.74) is 2.66. The molecule has 0 spiro atoms. The second-order valence-corrected chi connectivity index (χ2v) is 6.78. The molecule has 0 saturated heterocycles. The molecule has 1 nitrogen and oxygen atoms in total. The fourth-order valence-corrected chi connectivity index (χ4v) is 3.06. The maximum atomic E-state index is 6.29. The van der Waals surface area contributed by atoms with Gasteiger partial charge in [0.2, 0.25) is 0 Å². The van der Waals surface area contributed by atoms with E-state index in [-0.39, 0.29) is 5.38 Å². The first-order valence-corrected chi connectivity index (χ1v) is 7.89. The lowest BCUT2D eigenvalue weighted by atomic mass is 10.00. The van der Waals surface area contributed by atoms with E-state index in [0.29, 0.717) is 5.92 Å². The first-order valence-electron chi connectivity index (χ1n) is 6.66. The Labute approximate surface area is 123 Å². The summed E-state index contributed by atoms with van der Waals surface area (Å²) in [7, 11) is 0. The van der Waals surface area contributed by atoms with E-state index < -0.39 is 0 Å². The molecule has 1 atom stereocenters. The largest absolute Gasteiger partial charge is 0.493 e. The second kappa shape index (κ2) is 6.29. The van der Waals surface area contributed by atoms with Crippen LogP contribution in [0.3, 0.4) is 0 Å². The van der Waals surface area contributed by atoms with Crippen molar-refractivity contribution in [3.8, 4) is 5.75 Å². The van der Waals surface area contributed by atoms with Crippen molar-refractivity contribution in [2.75, 3.05) is 6.61 Å². The predicted octanol–water partition coefficient (Wildman–Crippen LogP) is 4.97. The van der Waals surface area contributed by atoms with Crippen LogP contribution in [0.25, 0.3) is 0 Å². The lowest BCUT2D eigenvalue weighted by Gasteiger charge is -2.14. The zero-order chi connectivity index (χ0) is 13.1. The summed E-state index contributed by atoms with van der Waals surface area (Å²) in [4.78, 5) is 0. The highest BCUT2D eigenvalue weighted by molar-refractivity contribution is 9.10. The van der Waals surface area contributed by atoms with Gasteiger partial charge in [-0.25, -0.2) is 0 Å². The standard InChI is InChI=1S/C15H20BrClO/c1-10(2)14(17)5-3-4-11-8-13(16)9-12-6-7-18-15(11)12/h8-10,14H,3-7H2,1-2H3. The van der Waals surface area contributed by atoms with Gasteiger partial charge in [-0.05, 0) is 48.4 Å². The third kappa shape index (κ3) is 3.42. The fourth-order valence-electron chi connectivity index (χ4n) is 2.35. The van der Waals surface area contributed by atoms with Crippen LogP contribution in [-0.2, 0) is 12.8 Å².